The topological polar surface area (TPSA) is 33.1 Å². The fourth-order valence-electron chi connectivity index (χ4n) is 1.38. The molecule has 2 nitrogen and oxygen atoms in total. The van der Waals surface area contributed by atoms with E-state index in [9.17, 15) is 0 Å². The maximum Gasteiger partial charge on any atom is 0.218 e. The van der Waals surface area contributed by atoms with E-state index in [4.69, 9.17) is 10.1 Å². The van der Waals surface area contributed by atoms with Crippen LogP contribution in [0.4, 0.5) is 0 Å². The Hall–Kier alpha value is -1.57. The molecule has 0 bridgehead atoms. The second kappa shape index (κ2) is 9.46. The zero-order valence-electron chi connectivity index (χ0n) is 12.2. The van der Waals surface area contributed by atoms with Crippen LogP contribution in [0.1, 0.15) is 51.7 Å². The van der Waals surface area contributed by atoms with Gasteiger partial charge in [0.05, 0.1) is 0 Å². The summed E-state index contributed by atoms with van der Waals surface area (Å²) in [4.78, 5) is 0. The van der Waals surface area contributed by atoms with Gasteiger partial charge < -0.3 is 4.74 Å². The van der Waals surface area contributed by atoms with Crippen LogP contribution in [0, 0.1) is 12.3 Å². The molecule has 0 spiro atoms. The molecule has 0 aliphatic carbocycles. The Bertz CT molecular complexity index is 377. The van der Waals surface area contributed by atoms with E-state index in [1.165, 1.54) is 5.56 Å². The molecule has 1 aromatic rings. The summed E-state index contributed by atoms with van der Waals surface area (Å²) in [5, 5.41) is 7.85. The quantitative estimate of drug-likeness (QED) is 0.450. The van der Waals surface area contributed by atoms with Gasteiger partial charge in [-0.25, -0.2) is 0 Å². The van der Waals surface area contributed by atoms with E-state index in [-0.39, 0.29) is 5.90 Å². The Morgan fingerprint density at radius 2 is 1.72 bits per heavy atom. The molecular formula is C16H25NO. The van der Waals surface area contributed by atoms with E-state index in [0.717, 1.165) is 24.2 Å². The molecule has 1 N–H and O–H groups in total. The number of allylic oxidation sites excluding steroid dienone is 2. The summed E-state index contributed by atoms with van der Waals surface area (Å²) in [5.74, 6) is 1.09. The number of aryl methyl sites for hydroxylation is 1. The minimum Gasteiger partial charge on any atom is -0.444 e. The van der Waals surface area contributed by atoms with E-state index in [0.29, 0.717) is 0 Å². The van der Waals surface area contributed by atoms with E-state index in [1.807, 2.05) is 58.0 Å². The average molecular weight is 247 g/mol. The monoisotopic (exact) mass is 247 g/mol. The highest BCUT2D eigenvalue weighted by molar-refractivity contribution is 5.92. The van der Waals surface area contributed by atoms with Crippen molar-refractivity contribution in [3.05, 3.63) is 47.2 Å². The molecule has 0 saturated heterocycles. The minimum absolute atomic E-state index is 0.224. The highest BCUT2D eigenvalue weighted by atomic mass is 16.5. The van der Waals surface area contributed by atoms with Crippen molar-refractivity contribution >= 4 is 5.90 Å². The zero-order chi connectivity index (χ0) is 14.0. The van der Waals surface area contributed by atoms with Crippen LogP contribution in [-0.2, 0) is 4.74 Å². The van der Waals surface area contributed by atoms with Gasteiger partial charge in [-0.1, -0.05) is 45.4 Å². The summed E-state index contributed by atoms with van der Waals surface area (Å²) in [6.07, 6.45) is 3.77. The Kier molecular flexibility index (Phi) is 8.63. The lowest BCUT2D eigenvalue weighted by Crippen LogP contribution is -2.04. The Morgan fingerprint density at radius 3 is 2.17 bits per heavy atom. The lowest BCUT2D eigenvalue weighted by atomic mass is 10.1. The number of nitrogens with one attached hydrogen (secondary N) is 1. The second-order valence-electron chi connectivity index (χ2n) is 3.73. The Labute approximate surface area is 111 Å². The van der Waals surface area contributed by atoms with Gasteiger partial charge in [0.2, 0.25) is 5.90 Å². The van der Waals surface area contributed by atoms with Crippen LogP contribution in [0.25, 0.3) is 0 Å². The molecule has 1 aromatic carbocycles. The first-order valence-corrected chi connectivity index (χ1v) is 6.69. The lowest BCUT2D eigenvalue weighted by Gasteiger charge is -2.09. The van der Waals surface area contributed by atoms with Crippen LogP contribution in [0.5, 0.6) is 0 Å². The van der Waals surface area contributed by atoms with Crippen LogP contribution in [0.15, 0.2) is 36.1 Å². The predicted octanol–water partition coefficient (Wildman–Crippen LogP) is 5.07. The van der Waals surface area contributed by atoms with Crippen molar-refractivity contribution in [3.8, 4) is 0 Å². The molecule has 0 radical (unpaired) electrons. The number of hydrogen-bond acceptors (Lipinski definition) is 2. The van der Waals surface area contributed by atoms with E-state index in [1.54, 1.807) is 0 Å². The highest BCUT2D eigenvalue weighted by Crippen LogP contribution is 2.10. The fraction of sp³-hybridized carbons (Fsp3) is 0.438. The summed E-state index contributed by atoms with van der Waals surface area (Å²) in [7, 11) is 0. The largest absolute Gasteiger partial charge is 0.444 e. The maximum atomic E-state index is 7.85. The van der Waals surface area contributed by atoms with Gasteiger partial charge in [-0.3, -0.25) is 5.41 Å². The Balaban J connectivity index is 0.00000137. The standard InChI is InChI=1S/C14H19NO.C2H6/c1-4-6-13(5-2)16-14(15)12-9-7-11(3)8-10-12;1-2/h6-10,15H,4-5H2,1-3H3;1-2H3/b13-6+,15-14?;. The average Bonchev–Trinajstić information content (AvgIpc) is 2.41. The molecule has 0 heterocycles. The number of benzene rings is 1. The van der Waals surface area contributed by atoms with Gasteiger partial charge in [-0.15, -0.1) is 0 Å². The molecule has 0 amide bonds. The summed E-state index contributed by atoms with van der Waals surface area (Å²) in [6.45, 7) is 10.1. The third-order valence-corrected chi connectivity index (χ3v) is 2.33. The summed E-state index contributed by atoms with van der Waals surface area (Å²) in [6, 6.07) is 7.80. The van der Waals surface area contributed by atoms with Gasteiger partial charge in [0, 0.05) is 12.0 Å². The fourth-order valence-corrected chi connectivity index (χ4v) is 1.38. The van der Waals surface area contributed by atoms with Crippen molar-refractivity contribution < 1.29 is 4.74 Å². The third kappa shape index (κ3) is 5.67. The molecule has 0 fully saturated rings. The van der Waals surface area contributed by atoms with Gasteiger partial charge in [-0.05, 0) is 31.6 Å². The van der Waals surface area contributed by atoms with Crippen LogP contribution in [0.2, 0.25) is 0 Å². The van der Waals surface area contributed by atoms with Crippen molar-refractivity contribution in [2.24, 2.45) is 0 Å². The second-order valence-corrected chi connectivity index (χ2v) is 3.73. The van der Waals surface area contributed by atoms with E-state index < -0.39 is 0 Å². The smallest absolute Gasteiger partial charge is 0.218 e. The molecule has 0 aliphatic heterocycles. The normalized spacial score (nSPS) is 10.4. The molecule has 18 heavy (non-hydrogen) atoms. The van der Waals surface area contributed by atoms with Crippen molar-refractivity contribution in [2.75, 3.05) is 0 Å². The van der Waals surface area contributed by atoms with Gasteiger partial charge in [0.25, 0.3) is 0 Å². The van der Waals surface area contributed by atoms with Crippen molar-refractivity contribution in [2.45, 2.75) is 47.5 Å². The maximum absolute atomic E-state index is 7.85. The third-order valence-electron chi connectivity index (χ3n) is 2.33. The molecule has 0 saturated carbocycles. The van der Waals surface area contributed by atoms with Crippen LogP contribution in [0.3, 0.4) is 0 Å². The molecule has 100 valence electrons. The summed E-state index contributed by atoms with van der Waals surface area (Å²) >= 11 is 0. The van der Waals surface area contributed by atoms with Crippen molar-refractivity contribution in [3.63, 3.8) is 0 Å². The van der Waals surface area contributed by atoms with E-state index >= 15 is 0 Å². The number of rotatable bonds is 4. The first kappa shape index (κ1) is 16.4. The van der Waals surface area contributed by atoms with Crippen molar-refractivity contribution in [1.82, 2.24) is 0 Å². The predicted molar refractivity (Wildman–Crippen MR) is 79.1 cm³/mol. The molecule has 0 aliphatic rings. The van der Waals surface area contributed by atoms with Gasteiger partial charge >= 0.3 is 0 Å². The van der Waals surface area contributed by atoms with Gasteiger partial charge in [-0.2, -0.15) is 0 Å². The molecule has 0 aromatic heterocycles. The van der Waals surface area contributed by atoms with Crippen molar-refractivity contribution in [1.29, 1.82) is 5.41 Å². The van der Waals surface area contributed by atoms with Gasteiger partial charge in [0.1, 0.15) is 5.76 Å². The zero-order valence-corrected chi connectivity index (χ0v) is 12.2. The van der Waals surface area contributed by atoms with Crippen LogP contribution >= 0.6 is 0 Å². The first-order chi connectivity index (χ1) is 8.67. The summed E-state index contributed by atoms with van der Waals surface area (Å²) in [5.41, 5.74) is 2.01. The van der Waals surface area contributed by atoms with E-state index in [2.05, 4.69) is 6.92 Å². The van der Waals surface area contributed by atoms with Crippen LogP contribution < -0.4 is 0 Å². The Morgan fingerprint density at radius 1 is 1.17 bits per heavy atom. The number of hydrogen-bond donors (Lipinski definition) is 1. The van der Waals surface area contributed by atoms with Gasteiger partial charge in [0.15, 0.2) is 0 Å². The lowest BCUT2D eigenvalue weighted by molar-refractivity contribution is 0.394. The minimum atomic E-state index is 0.224. The van der Waals surface area contributed by atoms with Crippen LogP contribution in [-0.4, -0.2) is 5.90 Å². The molecule has 2 heteroatoms. The molecule has 0 atom stereocenters. The highest BCUT2D eigenvalue weighted by Gasteiger charge is 2.04. The number of ether oxygens (including phenoxy) is 1. The molecular weight excluding hydrogens is 222 g/mol. The SMILES string of the molecule is CC.CC/C=C(\CC)OC(=N)c1ccc(C)cc1. The molecule has 0 unspecified atom stereocenters. The molecule has 1 rings (SSSR count). The first-order valence-electron chi connectivity index (χ1n) is 6.69. The summed E-state index contributed by atoms with van der Waals surface area (Å²) < 4.78 is 5.51.